The molecular formula is C53H37NS. The van der Waals surface area contributed by atoms with Gasteiger partial charge < -0.3 is 4.90 Å². The van der Waals surface area contributed by atoms with Gasteiger partial charge in [0, 0.05) is 42.6 Å². The van der Waals surface area contributed by atoms with E-state index in [0.29, 0.717) is 0 Å². The van der Waals surface area contributed by atoms with E-state index in [2.05, 4.69) is 207 Å². The Morgan fingerprint density at radius 1 is 0.400 bits per heavy atom. The summed E-state index contributed by atoms with van der Waals surface area (Å²) < 4.78 is 2.62. The molecule has 0 unspecified atom stereocenters. The Bertz CT molecular complexity index is 3130. The number of rotatable bonds is 5. The molecule has 1 heterocycles. The first kappa shape index (κ1) is 32.0. The van der Waals surface area contributed by atoms with Crippen LogP contribution in [-0.4, -0.2) is 0 Å². The zero-order chi connectivity index (χ0) is 36.7. The first-order chi connectivity index (χ1) is 27.0. The van der Waals surface area contributed by atoms with E-state index < -0.39 is 0 Å². The lowest BCUT2D eigenvalue weighted by Gasteiger charge is -2.26. The molecule has 260 valence electrons. The lowest BCUT2D eigenvalue weighted by molar-refractivity contribution is 0.666. The molecule has 0 spiro atoms. The van der Waals surface area contributed by atoms with E-state index in [1.54, 1.807) is 0 Å². The molecule has 1 aromatic heterocycles. The first-order valence-electron chi connectivity index (χ1n) is 19.1. The number of benzene rings is 9. The molecule has 0 fully saturated rings. The molecule has 0 atom stereocenters. The summed E-state index contributed by atoms with van der Waals surface area (Å²) in [6, 6.07) is 69.6. The molecule has 1 aliphatic carbocycles. The van der Waals surface area contributed by atoms with E-state index in [9.17, 15) is 0 Å². The second-order valence-electron chi connectivity index (χ2n) is 15.3. The van der Waals surface area contributed by atoms with Crippen molar-refractivity contribution in [2.45, 2.75) is 19.3 Å². The summed E-state index contributed by atoms with van der Waals surface area (Å²) >= 11 is 1.86. The van der Waals surface area contributed by atoms with Gasteiger partial charge in [-0.25, -0.2) is 0 Å². The van der Waals surface area contributed by atoms with Crippen LogP contribution in [0.25, 0.3) is 75.1 Å². The maximum absolute atomic E-state index is 2.42. The number of thiophene rings is 1. The maximum atomic E-state index is 2.42. The van der Waals surface area contributed by atoms with Gasteiger partial charge in [-0.15, -0.1) is 11.3 Å². The minimum absolute atomic E-state index is 0.0904. The average Bonchev–Trinajstić information content (AvgIpc) is 3.73. The smallest absolute Gasteiger partial charge is 0.0468 e. The van der Waals surface area contributed by atoms with Crippen molar-refractivity contribution in [3.63, 3.8) is 0 Å². The Kier molecular flexibility index (Phi) is 7.14. The van der Waals surface area contributed by atoms with Gasteiger partial charge in [-0.2, -0.15) is 0 Å². The van der Waals surface area contributed by atoms with Crippen molar-refractivity contribution in [1.29, 1.82) is 0 Å². The normalized spacial score (nSPS) is 13.1. The van der Waals surface area contributed by atoms with Crippen molar-refractivity contribution in [1.82, 2.24) is 0 Å². The fraction of sp³-hybridized carbons (Fsp3) is 0.0566. The predicted molar refractivity (Wildman–Crippen MR) is 237 cm³/mol. The zero-order valence-corrected chi connectivity index (χ0v) is 31.6. The Morgan fingerprint density at radius 2 is 1.07 bits per heavy atom. The van der Waals surface area contributed by atoms with Crippen LogP contribution < -0.4 is 4.90 Å². The Hall–Kier alpha value is -6.48. The third kappa shape index (κ3) is 5.06. The topological polar surface area (TPSA) is 3.24 Å². The molecule has 0 aliphatic heterocycles. The van der Waals surface area contributed by atoms with Crippen LogP contribution in [-0.2, 0) is 5.41 Å². The van der Waals surface area contributed by atoms with Crippen LogP contribution in [0.3, 0.4) is 0 Å². The highest BCUT2D eigenvalue weighted by atomic mass is 32.1. The highest BCUT2D eigenvalue weighted by Gasteiger charge is 2.38. The third-order valence-corrected chi connectivity index (χ3v) is 12.9. The zero-order valence-electron chi connectivity index (χ0n) is 30.8. The van der Waals surface area contributed by atoms with E-state index in [4.69, 9.17) is 0 Å². The molecule has 55 heavy (non-hydrogen) atoms. The van der Waals surface area contributed by atoms with Crippen LogP contribution in [0.15, 0.2) is 188 Å². The van der Waals surface area contributed by atoms with Crippen molar-refractivity contribution in [3.8, 4) is 33.4 Å². The molecule has 11 rings (SSSR count). The standard InChI is InChI=1S/C53H37NS/c1-53(2)48-21-10-8-20-45(48)51-46(32-38-15-6-7-18-43(38)52(51)53)39-24-23-37-31-41(26-25-36(37)29-39)54(40-17-12-16-35(30-40)34-13-4-3-5-14-34)42-27-28-50-47(33-42)44-19-9-11-22-49(44)55-50/h3-33H,1-2H3. The lowest BCUT2D eigenvalue weighted by atomic mass is 9.79. The number of nitrogens with zero attached hydrogens (tertiary/aromatic N) is 1. The molecule has 1 aliphatic rings. The SMILES string of the molecule is CC1(C)c2ccccc2-c2c(-c3ccc4cc(N(c5cccc(-c6ccccc6)c5)c5ccc6sc7ccccc7c6c5)ccc4c3)cc3ccccc3c21. The van der Waals surface area contributed by atoms with Gasteiger partial charge in [0.2, 0.25) is 0 Å². The highest BCUT2D eigenvalue weighted by Crippen LogP contribution is 2.55. The van der Waals surface area contributed by atoms with Crippen LogP contribution in [0.2, 0.25) is 0 Å². The van der Waals surface area contributed by atoms with Gasteiger partial charge in [-0.1, -0.05) is 141 Å². The van der Waals surface area contributed by atoms with Crippen LogP contribution in [0.1, 0.15) is 25.0 Å². The average molecular weight is 720 g/mol. The molecule has 9 aromatic carbocycles. The molecule has 2 heteroatoms. The lowest BCUT2D eigenvalue weighted by Crippen LogP contribution is -2.15. The van der Waals surface area contributed by atoms with Crippen molar-refractivity contribution >= 4 is 70.1 Å². The van der Waals surface area contributed by atoms with Crippen LogP contribution in [0.4, 0.5) is 17.1 Å². The summed E-state index contributed by atoms with van der Waals surface area (Å²) in [6.45, 7) is 4.77. The Balaban J connectivity index is 1.08. The number of fused-ring (bicyclic) bond motifs is 9. The summed E-state index contributed by atoms with van der Waals surface area (Å²) in [5, 5.41) is 7.67. The number of hydrogen-bond donors (Lipinski definition) is 0. The predicted octanol–water partition coefficient (Wildman–Crippen LogP) is 15.5. The van der Waals surface area contributed by atoms with E-state index >= 15 is 0 Å². The Morgan fingerprint density at radius 3 is 1.98 bits per heavy atom. The highest BCUT2D eigenvalue weighted by molar-refractivity contribution is 7.25. The molecule has 0 saturated heterocycles. The summed E-state index contributed by atoms with van der Waals surface area (Å²) in [5.41, 5.74) is 13.8. The minimum atomic E-state index is -0.0904. The molecule has 0 amide bonds. The van der Waals surface area contributed by atoms with E-state index in [-0.39, 0.29) is 5.41 Å². The molecule has 0 N–H and O–H groups in total. The van der Waals surface area contributed by atoms with Crippen molar-refractivity contribution in [2.75, 3.05) is 4.90 Å². The second-order valence-corrected chi connectivity index (χ2v) is 16.4. The molecular weight excluding hydrogens is 683 g/mol. The van der Waals surface area contributed by atoms with E-state index in [1.807, 2.05) is 11.3 Å². The van der Waals surface area contributed by atoms with Crippen LogP contribution >= 0.6 is 11.3 Å². The van der Waals surface area contributed by atoms with Crippen LogP contribution in [0.5, 0.6) is 0 Å². The summed E-state index contributed by atoms with van der Waals surface area (Å²) in [5.74, 6) is 0. The van der Waals surface area contributed by atoms with Gasteiger partial charge in [0.25, 0.3) is 0 Å². The van der Waals surface area contributed by atoms with Crippen molar-refractivity contribution < 1.29 is 0 Å². The molecule has 0 radical (unpaired) electrons. The second kappa shape index (κ2) is 12.3. The monoisotopic (exact) mass is 719 g/mol. The molecule has 10 aromatic rings. The molecule has 0 bridgehead atoms. The molecule has 1 nitrogen and oxygen atoms in total. The van der Waals surface area contributed by atoms with Crippen molar-refractivity contribution in [2.24, 2.45) is 0 Å². The van der Waals surface area contributed by atoms with Gasteiger partial charge in [0.1, 0.15) is 0 Å². The number of hydrogen-bond acceptors (Lipinski definition) is 2. The van der Waals surface area contributed by atoms with Crippen molar-refractivity contribution in [3.05, 3.63) is 199 Å². The first-order valence-corrected chi connectivity index (χ1v) is 19.9. The van der Waals surface area contributed by atoms with Gasteiger partial charge in [-0.3, -0.25) is 0 Å². The molecule has 0 saturated carbocycles. The van der Waals surface area contributed by atoms with E-state index in [0.717, 1.165) is 17.1 Å². The van der Waals surface area contributed by atoms with Gasteiger partial charge in [0.15, 0.2) is 0 Å². The quantitative estimate of drug-likeness (QED) is 0.171. The summed E-state index contributed by atoms with van der Waals surface area (Å²) in [7, 11) is 0. The van der Waals surface area contributed by atoms with E-state index in [1.165, 1.54) is 86.2 Å². The minimum Gasteiger partial charge on any atom is -0.310 e. The van der Waals surface area contributed by atoms with Gasteiger partial charge in [0.05, 0.1) is 0 Å². The third-order valence-electron chi connectivity index (χ3n) is 11.8. The largest absolute Gasteiger partial charge is 0.310 e. The maximum Gasteiger partial charge on any atom is 0.0468 e. The van der Waals surface area contributed by atoms with Crippen LogP contribution in [0, 0.1) is 0 Å². The van der Waals surface area contributed by atoms with Gasteiger partial charge >= 0.3 is 0 Å². The fourth-order valence-electron chi connectivity index (χ4n) is 9.18. The number of anilines is 3. The van der Waals surface area contributed by atoms with Gasteiger partial charge in [-0.05, 0) is 127 Å². The summed E-state index contributed by atoms with van der Waals surface area (Å²) in [4.78, 5) is 2.42. The fourth-order valence-corrected chi connectivity index (χ4v) is 10.3. The Labute approximate surface area is 325 Å². The summed E-state index contributed by atoms with van der Waals surface area (Å²) in [6.07, 6.45) is 0.